The van der Waals surface area contributed by atoms with Gasteiger partial charge in [0.1, 0.15) is 0 Å². The summed E-state index contributed by atoms with van der Waals surface area (Å²) in [4.78, 5) is 15.2. The predicted octanol–water partition coefficient (Wildman–Crippen LogP) is 2.75. The molecule has 4 heteroatoms. The SMILES string of the molecule is CC(C)CN1C(=O)C(C)Sc2cc(N)ccc21. The molecule has 0 radical (unpaired) electrons. The Kier molecular flexibility index (Phi) is 3.33. The lowest BCUT2D eigenvalue weighted by Gasteiger charge is -2.33. The highest BCUT2D eigenvalue weighted by Gasteiger charge is 2.30. The maximum Gasteiger partial charge on any atom is 0.240 e. The van der Waals surface area contributed by atoms with Crippen molar-refractivity contribution in [2.75, 3.05) is 17.2 Å². The fourth-order valence-electron chi connectivity index (χ4n) is 1.98. The third-order valence-corrected chi connectivity index (χ3v) is 3.88. The van der Waals surface area contributed by atoms with Crippen molar-refractivity contribution < 1.29 is 4.79 Å². The van der Waals surface area contributed by atoms with Crippen LogP contribution in [0.4, 0.5) is 11.4 Å². The average Bonchev–Trinajstić information content (AvgIpc) is 2.24. The van der Waals surface area contributed by atoms with Crippen LogP contribution in [0.25, 0.3) is 0 Å². The highest BCUT2D eigenvalue weighted by Crippen LogP contribution is 2.40. The van der Waals surface area contributed by atoms with Gasteiger partial charge in [0, 0.05) is 17.1 Å². The van der Waals surface area contributed by atoms with Gasteiger partial charge in [0.25, 0.3) is 0 Å². The molecule has 1 amide bonds. The van der Waals surface area contributed by atoms with Crippen molar-refractivity contribution in [1.29, 1.82) is 0 Å². The smallest absolute Gasteiger partial charge is 0.240 e. The Morgan fingerprint density at radius 3 is 2.82 bits per heavy atom. The topological polar surface area (TPSA) is 46.3 Å². The van der Waals surface area contributed by atoms with E-state index in [-0.39, 0.29) is 11.2 Å². The molecule has 1 unspecified atom stereocenters. The van der Waals surface area contributed by atoms with Gasteiger partial charge in [-0.05, 0) is 31.0 Å². The van der Waals surface area contributed by atoms with Gasteiger partial charge in [-0.15, -0.1) is 11.8 Å². The monoisotopic (exact) mass is 250 g/mol. The summed E-state index contributed by atoms with van der Waals surface area (Å²) in [5.41, 5.74) is 7.54. The first-order valence-electron chi connectivity index (χ1n) is 5.86. The predicted molar refractivity (Wildman–Crippen MR) is 73.4 cm³/mol. The van der Waals surface area contributed by atoms with Crippen molar-refractivity contribution in [3.63, 3.8) is 0 Å². The van der Waals surface area contributed by atoms with Gasteiger partial charge in [0.05, 0.1) is 10.9 Å². The van der Waals surface area contributed by atoms with Crippen molar-refractivity contribution in [3.05, 3.63) is 18.2 Å². The Morgan fingerprint density at radius 2 is 2.18 bits per heavy atom. The highest BCUT2D eigenvalue weighted by atomic mass is 32.2. The number of carbonyl (C=O) groups excluding carboxylic acids is 1. The first-order chi connectivity index (χ1) is 7.99. The summed E-state index contributed by atoms with van der Waals surface area (Å²) in [5.74, 6) is 0.653. The molecule has 0 spiro atoms. The molecule has 1 heterocycles. The number of fused-ring (bicyclic) bond motifs is 1. The zero-order valence-corrected chi connectivity index (χ0v) is 11.3. The second-order valence-corrected chi connectivity index (χ2v) is 6.21. The minimum atomic E-state index is -0.0250. The highest BCUT2D eigenvalue weighted by molar-refractivity contribution is 8.01. The molecule has 2 rings (SSSR count). The van der Waals surface area contributed by atoms with Crippen molar-refractivity contribution in [2.45, 2.75) is 30.9 Å². The number of nitrogens with zero attached hydrogens (tertiary/aromatic N) is 1. The largest absolute Gasteiger partial charge is 0.399 e. The minimum absolute atomic E-state index is 0.0250. The first kappa shape index (κ1) is 12.3. The second kappa shape index (κ2) is 4.61. The molecule has 1 aromatic carbocycles. The number of rotatable bonds is 2. The van der Waals surface area contributed by atoms with Crippen LogP contribution in [0.3, 0.4) is 0 Å². The summed E-state index contributed by atoms with van der Waals surface area (Å²) in [6.45, 7) is 6.96. The summed E-state index contributed by atoms with van der Waals surface area (Å²) < 4.78 is 0. The Morgan fingerprint density at radius 1 is 1.47 bits per heavy atom. The van der Waals surface area contributed by atoms with Crippen molar-refractivity contribution >= 4 is 29.0 Å². The van der Waals surface area contributed by atoms with E-state index in [9.17, 15) is 4.79 Å². The summed E-state index contributed by atoms with van der Waals surface area (Å²) in [5, 5.41) is -0.0250. The molecule has 1 aliphatic heterocycles. The summed E-state index contributed by atoms with van der Waals surface area (Å²) >= 11 is 1.59. The van der Waals surface area contributed by atoms with Gasteiger partial charge < -0.3 is 10.6 Å². The van der Waals surface area contributed by atoms with E-state index in [0.29, 0.717) is 5.92 Å². The van der Waals surface area contributed by atoms with Crippen LogP contribution in [0.5, 0.6) is 0 Å². The Labute approximate surface area is 106 Å². The fourth-order valence-corrected chi connectivity index (χ4v) is 3.09. The van der Waals surface area contributed by atoms with Crippen LogP contribution in [-0.2, 0) is 4.79 Å². The zero-order valence-electron chi connectivity index (χ0n) is 10.4. The van der Waals surface area contributed by atoms with E-state index in [0.717, 1.165) is 22.8 Å². The number of nitrogen functional groups attached to an aromatic ring is 1. The van der Waals surface area contributed by atoms with Gasteiger partial charge in [-0.25, -0.2) is 0 Å². The van der Waals surface area contributed by atoms with Crippen LogP contribution < -0.4 is 10.6 Å². The van der Waals surface area contributed by atoms with Gasteiger partial charge >= 0.3 is 0 Å². The molecule has 1 aliphatic rings. The lowest BCUT2D eigenvalue weighted by molar-refractivity contribution is -0.118. The molecule has 0 saturated carbocycles. The standard InChI is InChI=1S/C13H18N2OS/c1-8(2)7-15-11-5-4-10(14)6-12(11)17-9(3)13(15)16/h4-6,8-9H,7,14H2,1-3H3. The molecule has 92 valence electrons. The number of hydrogen-bond acceptors (Lipinski definition) is 3. The minimum Gasteiger partial charge on any atom is -0.399 e. The second-order valence-electron chi connectivity index (χ2n) is 4.83. The molecule has 0 bridgehead atoms. The van der Waals surface area contributed by atoms with E-state index in [1.807, 2.05) is 30.0 Å². The van der Waals surface area contributed by atoms with Crippen LogP contribution >= 0.6 is 11.8 Å². The summed E-state index contributed by atoms with van der Waals surface area (Å²) in [6.07, 6.45) is 0. The molecular formula is C13H18N2OS. The third-order valence-electron chi connectivity index (χ3n) is 2.74. The van der Waals surface area contributed by atoms with Crippen molar-refractivity contribution in [2.24, 2.45) is 5.92 Å². The van der Waals surface area contributed by atoms with E-state index in [4.69, 9.17) is 5.73 Å². The van der Waals surface area contributed by atoms with Gasteiger partial charge in [-0.1, -0.05) is 13.8 Å². The Hall–Kier alpha value is -1.16. The van der Waals surface area contributed by atoms with Gasteiger partial charge in [0.15, 0.2) is 0 Å². The van der Waals surface area contributed by atoms with E-state index in [2.05, 4.69) is 13.8 Å². The van der Waals surface area contributed by atoms with Gasteiger partial charge in [0.2, 0.25) is 5.91 Å². The first-order valence-corrected chi connectivity index (χ1v) is 6.74. The Bertz CT molecular complexity index is 445. The molecule has 1 aromatic rings. The van der Waals surface area contributed by atoms with E-state index >= 15 is 0 Å². The average molecular weight is 250 g/mol. The number of anilines is 2. The lowest BCUT2D eigenvalue weighted by Crippen LogP contribution is -2.41. The van der Waals surface area contributed by atoms with Crippen LogP contribution in [0.2, 0.25) is 0 Å². The number of nitrogens with two attached hydrogens (primary N) is 1. The van der Waals surface area contributed by atoms with Crippen LogP contribution in [0.1, 0.15) is 20.8 Å². The van der Waals surface area contributed by atoms with Crippen LogP contribution in [0, 0.1) is 5.92 Å². The van der Waals surface area contributed by atoms with Crippen LogP contribution in [-0.4, -0.2) is 17.7 Å². The van der Waals surface area contributed by atoms with E-state index in [1.54, 1.807) is 11.8 Å². The molecule has 2 N–H and O–H groups in total. The number of amides is 1. The maximum absolute atomic E-state index is 12.2. The van der Waals surface area contributed by atoms with Gasteiger partial charge in [-0.2, -0.15) is 0 Å². The van der Waals surface area contributed by atoms with E-state index in [1.165, 1.54) is 0 Å². The third kappa shape index (κ3) is 2.41. The molecule has 0 fully saturated rings. The number of thioether (sulfide) groups is 1. The lowest BCUT2D eigenvalue weighted by atomic mass is 10.1. The number of carbonyl (C=O) groups is 1. The Balaban J connectivity index is 2.41. The molecule has 3 nitrogen and oxygen atoms in total. The number of benzene rings is 1. The van der Waals surface area contributed by atoms with Gasteiger partial charge in [-0.3, -0.25) is 4.79 Å². The van der Waals surface area contributed by atoms with E-state index < -0.39 is 0 Å². The van der Waals surface area contributed by atoms with Crippen molar-refractivity contribution in [1.82, 2.24) is 0 Å². The number of hydrogen-bond donors (Lipinski definition) is 1. The quantitative estimate of drug-likeness (QED) is 0.821. The molecule has 1 atom stereocenters. The fraction of sp³-hybridized carbons (Fsp3) is 0.462. The van der Waals surface area contributed by atoms with Crippen molar-refractivity contribution in [3.8, 4) is 0 Å². The van der Waals surface area contributed by atoms with Crippen LogP contribution in [0.15, 0.2) is 23.1 Å². The maximum atomic E-state index is 12.2. The molecule has 17 heavy (non-hydrogen) atoms. The summed E-state index contributed by atoms with van der Waals surface area (Å²) in [7, 11) is 0. The molecule has 0 aliphatic carbocycles. The molecular weight excluding hydrogens is 232 g/mol. The normalized spacial score (nSPS) is 19.6. The molecule has 0 saturated heterocycles. The zero-order chi connectivity index (χ0) is 12.6. The molecule has 0 aromatic heterocycles. The summed E-state index contributed by atoms with van der Waals surface area (Å²) in [6, 6.07) is 5.76.